The van der Waals surface area contributed by atoms with Crippen molar-refractivity contribution in [1.29, 1.82) is 0 Å². The minimum absolute atomic E-state index is 0.166. The number of carbonyl (C=O) groups is 2. The molecule has 0 radical (unpaired) electrons. The largest absolute Gasteiger partial charge is 0.347 e. The molecule has 2 N–H and O–H groups in total. The van der Waals surface area contributed by atoms with Gasteiger partial charge in [-0.25, -0.2) is 4.98 Å². The minimum atomic E-state index is -0.248. The number of benzene rings is 1. The van der Waals surface area contributed by atoms with Gasteiger partial charge in [0, 0.05) is 18.3 Å². The van der Waals surface area contributed by atoms with Gasteiger partial charge in [0.1, 0.15) is 0 Å². The maximum atomic E-state index is 12.7. The molecule has 1 aliphatic carbocycles. The molecule has 2 aromatic rings. The maximum absolute atomic E-state index is 12.7. The quantitative estimate of drug-likeness (QED) is 0.900. The van der Waals surface area contributed by atoms with Gasteiger partial charge < -0.3 is 15.2 Å². The summed E-state index contributed by atoms with van der Waals surface area (Å²) in [4.78, 5) is 29.7. The van der Waals surface area contributed by atoms with Crippen LogP contribution in [0.5, 0.6) is 0 Å². The Morgan fingerprint density at radius 1 is 1.20 bits per heavy atom. The number of carbonyl (C=O) groups excluding carboxylic acids is 2. The molecule has 0 saturated heterocycles. The second-order valence-electron chi connectivity index (χ2n) is 6.91. The van der Waals surface area contributed by atoms with Crippen molar-refractivity contribution in [2.45, 2.75) is 51.6 Å². The molecule has 1 aromatic carbocycles. The van der Waals surface area contributed by atoms with Crippen LogP contribution in [0.1, 0.15) is 58.0 Å². The van der Waals surface area contributed by atoms with Gasteiger partial charge in [-0.2, -0.15) is 0 Å². The summed E-state index contributed by atoms with van der Waals surface area (Å²) in [6.45, 7) is 2.72. The zero-order valence-corrected chi connectivity index (χ0v) is 14.3. The van der Waals surface area contributed by atoms with E-state index in [0.717, 1.165) is 55.6 Å². The molecule has 1 saturated carbocycles. The van der Waals surface area contributed by atoms with Crippen LogP contribution < -0.4 is 10.6 Å². The van der Waals surface area contributed by atoms with Crippen molar-refractivity contribution < 1.29 is 9.59 Å². The third-order valence-electron chi connectivity index (χ3n) is 4.72. The molecule has 0 bridgehead atoms. The molecule has 0 atom stereocenters. The lowest BCUT2D eigenvalue weighted by Crippen LogP contribution is -2.29. The number of nitrogens with one attached hydrogen (secondary N) is 2. The molecule has 0 unspecified atom stereocenters. The Hall–Kier alpha value is -2.63. The molecule has 4 rings (SSSR count). The van der Waals surface area contributed by atoms with Crippen LogP contribution in [-0.4, -0.2) is 27.4 Å². The van der Waals surface area contributed by atoms with Crippen LogP contribution in [0.2, 0.25) is 0 Å². The van der Waals surface area contributed by atoms with Crippen molar-refractivity contribution in [3.63, 3.8) is 0 Å². The summed E-state index contributed by atoms with van der Waals surface area (Å²) < 4.78 is 1.92. The Labute approximate surface area is 146 Å². The Morgan fingerprint density at radius 3 is 2.80 bits per heavy atom. The number of hydrogen-bond donors (Lipinski definition) is 2. The average Bonchev–Trinajstić information content (AvgIpc) is 3.32. The zero-order valence-electron chi connectivity index (χ0n) is 14.3. The van der Waals surface area contributed by atoms with Crippen molar-refractivity contribution >= 4 is 17.5 Å². The van der Waals surface area contributed by atoms with E-state index >= 15 is 0 Å². The predicted molar refractivity (Wildman–Crippen MR) is 94.8 cm³/mol. The Balaban J connectivity index is 1.63. The number of aryl methyl sites for hydroxylation is 1. The van der Waals surface area contributed by atoms with Crippen molar-refractivity contribution in [2.75, 3.05) is 5.32 Å². The van der Waals surface area contributed by atoms with E-state index in [0.29, 0.717) is 11.5 Å². The highest BCUT2D eigenvalue weighted by Crippen LogP contribution is 2.24. The van der Waals surface area contributed by atoms with E-state index < -0.39 is 0 Å². The molecule has 6 nitrogen and oxygen atoms in total. The Bertz CT molecular complexity index is 836. The standard InChI is InChI=1S/C19H22N4O2/c1-12-5-4-6-14(11-12)21-18(24)16-15-7-2-3-10-23(15)17(22-16)19(25)20-13-8-9-13/h4-6,11,13H,2-3,7-10H2,1H3,(H,20,25)(H,21,24). The van der Waals surface area contributed by atoms with Crippen LogP contribution in [0.15, 0.2) is 24.3 Å². The first kappa shape index (κ1) is 15.9. The summed E-state index contributed by atoms with van der Waals surface area (Å²) in [5.74, 6) is -0.0435. The molecule has 2 amide bonds. The van der Waals surface area contributed by atoms with Crippen LogP contribution in [0, 0.1) is 6.92 Å². The Kier molecular flexibility index (Phi) is 4.03. The van der Waals surface area contributed by atoms with Crippen LogP contribution in [0.4, 0.5) is 5.69 Å². The van der Waals surface area contributed by atoms with Crippen LogP contribution in [0.25, 0.3) is 0 Å². The number of nitrogens with zero attached hydrogens (tertiary/aromatic N) is 2. The van der Waals surface area contributed by atoms with Gasteiger partial charge in [0.05, 0.1) is 5.69 Å². The number of imidazole rings is 1. The molecule has 2 aliphatic rings. The van der Waals surface area contributed by atoms with Crippen molar-refractivity contribution in [1.82, 2.24) is 14.9 Å². The van der Waals surface area contributed by atoms with E-state index in [9.17, 15) is 9.59 Å². The molecule has 1 aromatic heterocycles. The summed E-state index contributed by atoms with van der Waals surface area (Å²) in [7, 11) is 0. The van der Waals surface area contributed by atoms with E-state index in [4.69, 9.17) is 0 Å². The number of hydrogen-bond acceptors (Lipinski definition) is 3. The molecule has 0 spiro atoms. The van der Waals surface area contributed by atoms with Gasteiger partial charge in [0.15, 0.2) is 11.5 Å². The van der Waals surface area contributed by atoms with E-state index in [1.807, 2.05) is 35.8 Å². The van der Waals surface area contributed by atoms with Gasteiger partial charge in [-0.1, -0.05) is 12.1 Å². The van der Waals surface area contributed by atoms with Gasteiger partial charge in [0.25, 0.3) is 11.8 Å². The minimum Gasteiger partial charge on any atom is -0.347 e. The number of fused-ring (bicyclic) bond motifs is 1. The number of amides is 2. The third kappa shape index (κ3) is 3.29. The molecule has 25 heavy (non-hydrogen) atoms. The highest BCUT2D eigenvalue weighted by atomic mass is 16.2. The van der Waals surface area contributed by atoms with Gasteiger partial charge in [-0.05, 0) is 56.7 Å². The zero-order chi connectivity index (χ0) is 17.4. The fourth-order valence-electron chi connectivity index (χ4n) is 3.29. The number of aromatic nitrogens is 2. The lowest BCUT2D eigenvalue weighted by molar-refractivity contribution is 0.0935. The predicted octanol–water partition coefficient (Wildman–Crippen LogP) is 2.67. The maximum Gasteiger partial charge on any atom is 0.287 e. The van der Waals surface area contributed by atoms with Gasteiger partial charge in [0.2, 0.25) is 0 Å². The molecule has 1 fully saturated rings. The SMILES string of the molecule is Cc1cccc(NC(=O)c2nc(C(=O)NC3CC3)n3c2CCCC3)c1. The van der Waals surface area contributed by atoms with E-state index in [1.54, 1.807) is 0 Å². The van der Waals surface area contributed by atoms with Gasteiger partial charge in [-0.3, -0.25) is 9.59 Å². The lowest BCUT2D eigenvalue weighted by atomic mass is 10.1. The summed E-state index contributed by atoms with van der Waals surface area (Å²) in [5, 5.41) is 5.88. The summed E-state index contributed by atoms with van der Waals surface area (Å²) in [6, 6.07) is 7.93. The lowest BCUT2D eigenvalue weighted by Gasteiger charge is -2.17. The summed E-state index contributed by atoms with van der Waals surface area (Å²) >= 11 is 0. The van der Waals surface area contributed by atoms with Crippen molar-refractivity contribution in [2.24, 2.45) is 0 Å². The number of anilines is 1. The first-order valence-corrected chi connectivity index (χ1v) is 8.90. The van der Waals surface area contributed by atoms with Crippen molar-refractivity contribution in [3.05, 3.63) is 47.0 Å². The molecular formula is C19H22N4O2. The second-order valence-corrected chi connectivity index (χ2v) is 6.91. The topological polar surface area (TPSA) is 76.0 Å². The third-order valence-corrected chi connectivity index (χ3v) is 4.72. The van der Waals surface area contributed by atoms with Crippen LogP contribution in [0.3, 0.4) is 0 Å². The van der Waals surface area contributed by atoms with E-state index in [1.165, 1.54) is 0 Å². The molecule has 130 valence electrons. The summed E-state index contributed by atoms with van der Waals surface area (Å²) in [5.41, 5.74) is 3.07. The van der Waals surface area contributed by atoms with Crippen molar-refractivity contribution in [3.8, 4) is 0 Å². The van der Waals surface area contributed by atoms with E-state index in [2.05, 4.69) is 15.6 Å². The van der Waals surface area contributed by atoms with Gasteiger partial charge in [-0.15, -0.1) is 0 Å². The molecule has 1 aliphatic heterocycles. The van der Waals surface area contributed by atoms with Gasteiger partial charge >= 0.3 is 0 Å². The highest BCUT2D eigenvalue weighted by Gasteiger charge is 2.30. The second kappa shape index (κ2) is 6.35. The normalized spacial score (nSPS) is 16.2. The molecule has 6 heteroatoms. The molecule has 2 heterocycles. The smallest absolute Gasteiger partial charge is 0.287 e. The first-order chi connectivity index (χ1) is 12.1. The fourth-order valence-corrected chi connectivity index (χ4v) is 3.29. The van der Waals surface area contributed by atoms with E-state index in [-0.39, 0.29) is 17.9 Å². The first-order valence-electron chi connectivity index (χ1n) is 8.90. The average molecular weight is 338 g/mol. The Morgan fingerprint density at radius 2 is 2.04 bits per heavy atom. The summed E-state index contributed by atoms with van der Waals surface area (Å²) in [6.07, 6.45) is 4.85. The molecular weight excluding hydrogens is 316 g/mol. The fraction of sp³-hybridized carbons (Fsp3) is 0.421. The van der Waals surface area contributed by atoms with Crippen LogP contribution >= 0.6 is 0 Å². The monoisotopic (exact) mass is 338 g/mol. The number of rotatable bonds is 4. The highest BCUT2D eigenvalue weighted by molar-refractivity contribution is 6.05. The van der Waals surface area contributed by atoms with Crippen LogP contribution in [-0.2, 0) is 13.0 Å².